The number of hydrogen-bond acceptors (Lipinski definition) is 5. The summed E-state index contributed by atoms with van der Waals surface area (Å²) in [5.74, 6) is 0.993. The van der Waals surface area contributed by atoms with Crippen LogP contribution in [0.3, 0.4) is 0 Å². The highest BCUT2D eigenvalue weighted by Gasteiger charge is 2.17. The minimum Gasteiger partial charge on any atom is -0.332 e. The predicted molar refractivity (Wildman–Crippen MR) is 54.6 cm³/mol. The van der Waals surface area contributed by atoms with Gasteiger partial charge < -0.3 is 4.52 Å². The molecule has 0 saturated heterocycles. The number of alkyl halides is 1. The highest BCUT2D eigenvalue weighted by atomic mass is 79.9. The van der Waals surface area contributed by atoms with Crippen molar-refractivity contribution < 1.29 is 4.52 Å². The van der Waals surface area contributed by atoms with Gasteiger partial charge in [-0.15, -0.1) is 5.10 Å². The van der Waals surface area contributed by atoms with Crippen molar-refractivity contribution in [3.63, 3.8) is 0 Å². The van der Waals surface area contributed by atoms with E-state index in [1.165, 1.54) is 0 Å². The van der Waals surface area contributed by atoms with E-state index in [2.05, 4.69) is 52.3 Å². The highest BCUT2D eigenvalue weighted by Crippen LogP contribution is 2.23. The quantitative estimate of drug-likeness (QED) is 0.784. The molecule has 0 aliphatic rings. The number of nitrogens with zero attached hydrogens (tertiary/aromatic N) is 5. The average molecular weight is 323 g/mol. The summed E-state index contributed by atoms with van der Waals surface area (Å²) in [7, 11) is 1.76. The van der Waals surface area contributed by atoms with Crippen LogP contribution >= 0.6 is 31.9 Å². The lowest BCUT2D eigenvalue weighted by Crippen LogP contribution is -1.94. The fourth-order valence-electron chi connectivity index (χ4n) is 0.963. The van der Waals surface area contributed by atoms with Crippen molar-refractivity contribution in [2.45, 2.75) is 5.33 Å². The molecule has 2 rings (SSSR count). The van der Waals surface area contributed by atoms with Crippen LogP contribution in [0.4, 0.5) is 0 Å². The Morgan fingerprint density at radius 2 is 2.29 bits per heavy atom. The summed E-state index contributed by atoms with van der Waals surface area (Å²) in [5.41, 5.74) is 0.671. The van der Waals surface area contributed by atoms with E-state index in [1.54, 1.807) is 11.7 Å². The normalized spacial score (nSPS) is 10.8. The molecular weight excluding hydrogens is 318 g/mol. The minimum atomic E-state index is 0.402. The van der Waals surface area contributed by atoms with Gasteiger partial charge >= 0.3 is 0 Å². The van der Waals surface area contributed by atoms with E-state index in [1.807, 2.05) is 0 Å². The fraction of sp³-hybridized carbons (Fsp3) is 0.333. The van der Waals surface area contributed by atoms with Crippen molar-refractivity contribution >= 4 is 31.9 Å². The molecule has 0 atom stereocenters. The molecule has 0 aliphatic heterocycles. The van der Waals surface area contributed by atoms with E-state index in [4.69, 9.17) is 4.52 Å². The van der Waals surface area contributed by atoms with E-state index < -0.39 is 0 Å². The molecular formula is C6H5Br2N5O. The van der Waals surface area contributed by atoms with Gasteiger partial charge in [-0.2, -0.15) is 4.98 Å². The van der Waals surface area contributed by atoms with Gasteiger partial charge in [-0.05, 0) is 15.9 Å². The van der Waals surface area contributed by atoms with Gasteiger partial charge in [0.2, 0.25) is 0 Å². The van der Waals surface area contributed by atoms with Crippen molar-refractivity contribution in [2.75, 3.05) is 0 Å². The van der Waals surface area contributed by atoms with Crippen LogP contribution in [-0.2, 0) is 12.4 Å². The van der Waals surface area contributed by atoms with Crippen LogP contribution in [0.1, 0.15) is 5.82 Å². The van der Waals surface area contributed by atoms with Crippen molar-refractivity contribution in [3.8, 4) is 11.6 Å². The number of hydrogen-bond donors (Lipinski definition) is 0. The maximum atomic E-state index is 5.04. The molecule has 2 aromatic rings. The topological polar surface area (TPSA) is 69.6 Å². The van der Waals surface area contributed by atoms with Crippen LogP contribution < -0.4 is 0 Å². The Bertz CT molecular complexity index is 431. The minimum absolute atomic E-state index is 0.402. The third kappa shape index (κ3) is 1.59. The fourth-order valence-corrected chi connectivity index (χ4v) is 1.69. The van der Waals surface area contributed by atoms with Gasteiger partial charge in [-0.1, -0.05) is 26.3 Å². The second kappa shape index (κ2) is 3.77. The van der Waals surface area contributed by atoms with Crippen LogP contribution in [0.2, 0.25) is 0 Å². The van der Waals surface area contributed by atoms with Gasteiger partial charge in [-0.3, -0.25) is 0 Å². The zero-order valence-electron chi connectivity index (χ0n) is 7.11. The summed E-state index contributed by atoms with van der Waals surface area (Å²) < 4.78 is 7.19. The van der Waals surface area contributed by atoms with Crippen LogP contribution in [0.5, 0.6) is 0 Å². The smallest absolute Gasteiger partial charge is 0.279 e. The molecule has 2 heterocycles. The molecule has 14 heavy (non-hydrogen) atoms. The molecule has 6 nitrogen and oxygen atoms in total. The first-order chi connectivity index (χ1) is 6.72. The summed E-state index contributed by atoms with van der Waals surface area (Å²) in [4.78, 5) is 4.14. The Morgan fingerprint density at radius 1 is 1.50 bits per heavy atom. The first-order valence-corrected chi connectivity index (χ1v) is 5.58. The molecule has 2 aromatic heterocycles. The molecule has 0 unspecified atom stereocenters. The summed E-state index contributed by atoms with van der Waals surface area (Å²) in [5, 5.41) is 11.9. The van der Waals surface area contributed by atoms with Gasteiger partial charge in [0.1, 0.15) is 0 Å². The van der Waals surface area contributed by atoms with E-state index in [9.17, 15) is 0 Å². The molecule has 0 bridgehead atoms. The van der Waals surface area contributed by atoms with Gasteiger partial charge in [-0.25, -0.2) is 4.68 Å². The van der Waals surface area contributed by atoms with Crippen molar-refractivity contribution in [3.05, 3.63) is 10.4 Å². The molecule has 8 heteroatoms. The van der Waals surface area contributed by atoms with Crippen molar-refractivity contribution in [2.24, 2.45) is 7.05 Å². The first kappa shape index (κ1) is 9.78. The summed E-state index contributed by atoms with van der Waals surface area (Å²) >= 11 is 6.49. The Hall–Kier alpha value is -0.760. The largest absolute Gasteiger partial charge is 0.332 e. The van der Waals surface area contributed by atoms with Crippen molar-refractivity contribution in [1.29, 1.82) is 0 Å². The number of halogens is 2. The van der Waals surface area contributed by atoms with Crippen LogP contribution in [-0.4, -0.2) is 25.1 Å². The van der Waals surface area contributed by atoms with Crippen molar-refractivity contribution in [1.82, 2.24) is 25.1 Å². The second-order valence-electron chi connectivity index (χ2n) is 2.50. The number of rotatable bonds is 2. The average Bonchev–Trinajstić information content (AvgIpc) is 2.73. The third-order valence-electron chi connectivity index (χ3n) is 1.58. The van der Waals surface area contributed by atoms with Crippen LogP contribution in [0, 0.1) is 0 Å². The SMILES string of the molecule is Cn1nnc(Br)c1-c1nc(CBr)no1. The summed E-state index contributed by atoms with van der Waals surface area (Å²) in [6.45, 7) is 0. The molecule has 0 aromatic carbocycles. The predicted octanol–water partition coefficient (Wildman–Crippen LogP) is 1.52. The lowest BCUT2D eigenvalue weighted by atomic mass is 10.5. The lowest BCUT2D eigenvalue weighted by Gasteiger charge is -1.92. The zero-order chi connectivity index (χ0) is 10.1. The monoisotopic (exact) mass is 321 g/mol. The number of aryl methyl sites for hydroxylation is 1. The summed E-state index contributed by atoms with van der Waals surface area (Å²) in [6.07, 6.45) is 0. The molecule has 0 aliphatic carbocycles. The third-order valence-corrected chi connectivity index (χ3v) is 2.61. The Kier molecular flexibility index (Phi) is 2.64. The number of aromatic nitrogens is 5. The second-order valence-corrected chi connectivity index (χ2v) is 3.81. The van der Waals surface area contributed by atoms with Gasteiger partial charge in [0, 0.05) is 7.05 Å². The van der Waals surface area contributed by atoms with Crippen LogP contribution in [0.15, 0.2) is 9.13 Å². The van der Waals surface area contributed by atoms with Crippen LogP contribution in [0.25, 0.3) is 11.6 Å². The molecule has 74 valence electrons. The zero-order valence-corrected chi connectivity index (χ0v) is 10.3. The molecule has 0 N–H and O–H groups in total. The first-order valence-electron chi connectivity index (χ1n) is 3.66. The molecule has 0 amide bonds. The molecule has 0 radical (unpaired) electrons. The Morgan fingerprint density at radius 3 is 2.79 bits per heavy atom. The van der Waals surface area contributed by atoms with Gasteiger partial charge in [0.15, 0.2) is 16.1 Å². The maximum absolute atomic E-state index is 5.04. The standard InChI is InChI=1S/C6H5Br2N5O/c1-13-4(5(8)10-12-13)6-9-3(2-7)11-14-6/h2H2,1H3. The van der Waals surface area contributed by atoms with Gasteiger partial charge in [0.05, 0.1) is 5.33 Å². The molecule has 0 fully saturated rings. The van der Waals surface area contributed by atoms with Gasteiger partial charge in [0.25, 0.3) is 5.89 Å². The Labute approximate surface area is 95.9 Å². The molecule has 0 spiro atoms. The maximum Gasteiger partial charge on any atom is 0.279 e. The van der Waals surface area contributed by atoms with E-state index in [0.717, 1.165) is 0 Å². The Balaban J connectivity index is 2.48. The summed E-state index contributed by atoms with van der Waals surface area (Å²) in [6, 6.07) is 0. The van der Waals surface area contributed by atoms with E-state index in [-0.39, 0.29) is 0 Å². The van der Waals surface area contributed by atoms with E-state index in [0.29, 0.717) is 27.3 Å². The molecule has 0 saturated carbocycles. The highest BCUT2D eigenvalue weighted by molar-refractivity contribution is 9.10. The van der Waals surface area contributed by atoms with E-state index >= 15 is 0 Å². The lowest BCUT2D eigenvalue weighted by molar-refractivity contribution is 0.421.